The topological polar surface area (TPSA) is 76.9 Å². The molecule has 3 aromatic heterocycles. The normalized spacial score (nSPS) is 18.1. The fourth-order valence-corrected chi connectivity index (χ4v) is 4.56. The molecule has 1 saturated carbocycles. The number of ether oxygens (including phenoxy) is 1. The van der Waals surface area contributed by atoms with Gasteiger partial charge < -0.3 is 19.9 Å². The van der Waals surface area contributed by atoms with Crippen LogP contribution in [0, 0.1) is 3.57 Å². The molecule has 0 aliphatic heterocycles. The van der Waals surface area contributed by atoms with Gasteiger partial charge in [-0.3, -0.25) is 0 Å². The Hall–Kier alpha value is -2.88. The summed E-state index contributed by atoms with van der Waals surface area (Å²) in [5, 5.41) is 7.26. The van der Waals surface area contributed by atoms with E-state index >= 15 is 0 Å². The maximum atomic E-state index is 5.29. The number of anilines is 2. The van der Waals surface area contributed by atoms with Crippen molar-refractivity contribution in [2.75, 3.05) is 17.7 Å². The van der Waals surface area contributed by atoms with E-state index < -0.39 is 0 Å². The number of aromatic nitrogens is 4. The molecule has 32 heavy (non-hydrogen) atoms. The van der Waals surface area contributed by atoms with Crippen LogP contribution >= 0.6 is 22.6 Å². The van der Waals surface area contributed by atoms with Crippen LogP contribution in [-0.4, -0.2) is 38.7 Å². The molecule has 2 N–H and O–H groups in total. The first-order chi connectivity index (χ1) is 15.7. The number of nitrogens with one attached hydrogen (secondary N) is 2. The number of nitrogens with zero attached hydrogens (tertiary/aromatic N) is 4. The van der Waals surface area contributed by atoms with Crippen LogP contribution in [0.2, 0.25) is 0 Å². The Morgan fingerprint density at radius 2 is 1.84 bits per heavy atom. The molecule has 7 nitrogen and oxygen atoms in total. The second-order valence-corrected chi connectivity index (χ2v) is 9.32. The summed E-state index contributed by atoms with van der Waals surface area (Å²) in [6.07, 6.45) is 6.89. The lowest BCUT2D eigenvalue weighted by atomic mass is 10.2. The average molecular weight is 540 g/mol. The highest BCUT2D eigenvalue weighted by Gasteiger charge is 2.26. The van der Waals surface area contributed by atoms with E-state index in [-0.39, 0.29) is 0 Å². The quantitative estimate of drug-likeness (QED) is 0.324. The molecule has 2 atom stereocenters. The van der Waals surface area contributed by atoms with Gasteiger partial charge in [0.25, 0.3) is 0 Å². The van der Waals surface area contributed by atoms with E-state index in [2.05, 4.69) is 72.0 Å². The first kappa shape index (κ1) is 21.0. The predicted molar refractivity (Wildman–Crippen MR) is 135 cm³/mol. The summed E-state index contributed by atoms with van der Waals surface area (Å²) in [6.45, 7) is 0.718. The fraction of sp³-hybridized carbons (Fsp3) is 0.292. The zero-order valence-electron chi connectivity index (χ0n) is 17.8. The van der Waals surface area contributed by atoms with Gasteiger partial charge >= 0.3 is 0 Å². The van der Waals surface area contributed by atoms with E-state index in [9.17, 15) is 0 Å². The molecule has 0 saturated heterocycles. The van der Waals surface area contributed by atoms with Crippen molar-refractivity contribution in [1.29, 1.82) is 0 Å². The van der Waals surface area contributed by atoms with Crippen LogP contribution in [-0.2, 0) is 6.54 Å². The van der Waals surface area contributed by atoms with E-state index in [0.717, 1.165) is 58.1 Å². The highest BCUT2D eigenvalue weighted by atomic mass is 127. The molecule has 1 fully saturated rings. The van der Waals surface area contributed by atoms with Gasteiger partial charge in [-0.2, -0.15) is 4.98 Å². The third kappa shape index (κ3) is 4.64. The third-order valence-corrected chi connectivity index (χ3v) is 6.51. The zero-order valence-corrected chi connectivity index (χ0v) is 20.0. The minimum Gasteiger partial charge on any atom is -0.497 e. The summed E-state index contributed by atoms with van der Waals surface area (Å²) in [5.41, 5.74) is 2.98. The highest BCUT2D eigenvalue weighted by molar-refractivity contribution is 14.1. The molecule has 164 valence electrons. The summed E-state index contributed by atoms with van der Waals surface area (Å²) in [5.74, 6) is 2.66. The molecule has 0 amide bonds. The van der Waals surface area contributed by atoms with Crippen LogP contribution in [0.4, 0.5) is 11.8 Å². The predicted octanol–water partition coefficient (Wildman–Crippen LogP) is 4.93. The van der Waals surface area contributed by atoms with Crippen molar-refractivity contribution in [2.45, 2.75) is 37.9 Å². The molecule has 0 bridgehead atoms. The number of pyridine rings is 2. The second kappa shape index (κ2) is 9.32. The summed E-state index contributed by atoms with van der Waals surface area (Å²) in [6, 6.07) is 17.1. The molecule has 3 heterocycles. The Morgan fingerprint density at radius 3 is 2.59 bits per heavy atom. The molecule has 4 aromatic rings. The molecule has 1 aromatic carbocycles. The molecule has 5 rings (SSSR count). The molecule has 0 spiro atoms. The maximum Gasteiger partial charge on any atom is 0.205 e. The number of hydrogen-bond acceptors (Lipinski definition) is 6. The van der Waals surface area contributed by atoms with E-state index in [1.165, 1.54) is 5.56 Å². The van der Waals surface area contributed by atoms with Crippen molar-refractivity contribution in [3.05, 3.63) is 70.1 Å². The lowest BCUT2D eigenvalue weighted by molar-refractivity contribution is 0.414. The minimum atomic E-state index is 0.350. The number of imidazole rings is 1. The number of methoxy groups -OCH3 is 1. The first-order valence-electron chi connectivity index (χ1n) is 10.8. The number of hydrogen-bond donors (Lipinski definition) is 2. The van der Waals surface area contributed by atoms with E-state index in [1.54, 1.807) is 13.3 Å². The number of rotatable bonds is 7. The third-order valence-electron chi connectivity index (χ3n) is 5.87. The average Bonchev–Trinajstić information content (AvgIpc) is 3.40. The van der Waals surface area contributed by atoms with Crippen LogP contribution in [0.5, 0.6) is 5.75 Å². The fourth-order valence-electron chi connectivity index (χ4n) is 4.24. The second-order valence-electron chi connectivity index (χ2n) is 8.07. The van der Waals surface area contributed by atoms with Gasteiger partial charge in [0.1, 0.15) is 11.6 Å². The number of halogens is 1. The highest BCUT2D eigenvalue weighted by Crippen LogP contribution is 2.27. The van der Waals surface area contributed by atoms with E-state index in [1.807, 2.05) is 30.5 Å². The van der Waals surface area contributed by atoms with Crippen molar-refractivity contribution in [3.63, 3.8) is 0 Å². The van der Waals surface area contributed by atoms with Gasteiger partial charge in [0.05, 0.1) is 19.2 Å². The summed E-state index contributed by atoms with van der Waals surface area (Å²) >= 11 is 2.28. The van der Waals surface area contributed by atoms with Gasteiger partial charge in [0, 0.05) is 28.0 Å². The maximum absolute atomic E-state index is 5.29. The van der Waals surface area contributed by atoms with Crippen LogP contribution < -0.4 is 15.4 Å². The molecular formula is C24H25IN6O. The van der Waals surface area contributed by atoms with Crippen molar-refractivity contribution in [3.8, 4) is 5.75 Å². The summed E-state index contributed by atoms with van der Waals surface area (Å²) < 4.78 is 8.65. The molecule has 1 aliphatic carbocycles. The van der Waals surface area contributed by atoms with Crippen LogP contribution in [0.15, 0.2) is 60.9 Å². The van der Waals surface area contributed by atoms with Crippen molar-refractivity contribution < 1.29 is 4.74 Å². The molecule has 8 heteroatoms. The number of benzene rings is 1. The van der Waals surface area contributed by atoms with E-state index in [4.69, 9.17) is 9.72 Å². The lowest BCUT2D eigenvalue weighted by Gasteiger charge is -2.17. The van der Waals surface area contributed by atoms with Crippen LogP contribution in [0.25, 0.3) is 11.2 Å². The Kier molecular flexibility index (Phi) is 6.11. The van der Waals surface area contributed by atoms with Crippen LogP contribution in [0.3, 0.4) is 0 Å². The summed E-state index contributed by atoms with van der Waals surface area (Å²) in [4.78, 5) is 13.8. The van der Waals surface area contributed by atoms with Gasteiger partial charge in [-0.05, 0) is 83.8 Å². The van der Waals surface area contributed by atoms with Crippen molar-refractivity contribution in [2.24, 2.45) is 0 Å². The van der Waals surface area contributed by atoms with Gasteiger partial charge in [-0.1, -0.05) is 12.1 Å². The molecular weight excluding hydrogens is 515 g/mol. The Balaban J connectivity index is 1.32. The Labute approximate surface area is 200 Å². The van der Waals surface area contributed by atoms with Gasteiger partial charge in [0.15, 0.2) is 5.65 Å². The SMILES string of the molecule is COc1ccc(Cn2c(NC3CCC(Nc4ccc(I)cn4)C3)nc3ncccc32)cc1. The van der Waals surface area contributed by atoms with Gasteiger partial charge in [0.2, 0.25) is 5.95 Å². The van der Waals surface area contributed by atoms with E-state index in [0.29, 0.717) is 12.1 Å². The van der Waals surface area contributed by atoms with Crippen molar-refractivity contribution >= 4 is 45.5 Å². The lowest BCUT2D eigenvalue weighted by Crippen LogP contribution is -2.22. The van der Waals surface area contributed by atoms with Gasteiger partial charge in [-0.15, -0.1) is 0 Å². The largest absolute Gasteiger partial charge is 0.497 e. The zero-order chi connectivity index (χ0) is 21.9. The monoisotopic (exact) mass is 540 g/mol. The molecule has 1 aliphatic rings. The molecule has 0 radical (unpaired) electrons. The number of fused-ring (bicyclic) bond motifs is 1. The standard InChI is InChI=1S/C24H25IN6O/c1-32-20-9-4-16(5-10-20)15-31-21-3-2-12-26-23(21)30-24(31)29-19-8-7-18(13-19)28-22-11-6-17(25)14-27-22/h2-6,9-12,14,18-19H,7-8,13,15H2,1H3,(H,27,28)(H,26,29,30). The van der Waals surface area contributed by atoms with Crippen LogP contribution in [0.1, 0.15) is 24.8 Å². The molecule has 2 unspecified atom stereocenters. The Morgan fingerprint density at radius 1 is 1.03 bits per heavy atom. The smallest absolute Gasteiger partial charge is 0.205 e. The van der Waals surface area contributed by atoms with Gasteiger partial charge in [-0.25, -0.2) is 9.97 Å². The van der Waals surface area contributed by atoms with Crippen molar-refractivity contribution in [1.82, 2.24) is 19.5 Å². The first-order valence-corrected chi connectivity index (χ1v) is 11.8. The minimum absolute atomic E-state index is 0.350. The summed E-state index contributed by atoms with van der Waals surface area (Å²) in [7, 11) is 1.68. The Bertz CT molecular complexity index is 1190.